The highest BCUT2D eigenvalue weighted by Crippen LogP contribution is 2.28. The molecule has 2 heterocycles. The van der Waals surface area contributed by atoms with Gasteiger partial charge in [-0.15, -0.1) is 0 Å². The van der Waals surface area contributed by atoms with Crippen LogP contribution >= 0.6 is 0 Å². The van der Waals surface area contributed by atoms with Gasteiger partial charge in [0.15, 0.2) is 0 Å². The molecule has 1 aromatic heterocycles. The summed E-state index contributed by atoms with van der Waals surface area (Å²) in [6.45, 7) is 7.20. The lowest BCUT2D eigenvalue weighted by Crippen LogP contribution is -2.44. The van der Waals surface area contributed by atoms with E-state index in [1.165, 1.54) is 7.11 Å². The highest BCUT2D eigenvalue weighted by molar-refractivity contribution is 7.92. The fraction of sp³-hybridized carbons (Fsp3) is 0.304. The van der Waals surface area contributed by atoms with Gasteiger partial charge < -0.3 is 20.3 Å². The first-order valence-electron chi connectivity index (χ1n) is 10.7. The van der Waals surface area contributed by atoms with E-state index in [-0.39, 0.29) is 4.90 Å². The van der Waals surface area contributed by atoms with E-state index in [2.05, 4.69) is 30.2 Å². The average molecular weight is 469 g/mol. The van der Waals surface area contributed by atoms with E-state index >= 15 is 0 Å². The summed E-state index contributed by atoms with van der Waals surface area (Å²) >= 11 is 0. The molecule has 1 aliphatic rings. The molecule has 0 bridgehead atoms. The number of nitrogens with one attached hydrogen (secondary N) is 3. The third-order valence-electron chi connectivity index (χ3n) is 5.43. The maximum absolute atomic E-state index is 13.0. The summed E-state index contributed by atoms with van der Waals surface area (Å²) in [6, 6.07) is 12.2. The number of hydrogen-bond acceptors (Lipinski definition) is 8. The van der Waals surface area contributed by atoms with Crippen LogP contribution in [0.1, 0.15) is 11.1 Å². The van der Waals surface area contributed by atoms with Crippen LogP contribution < -0.4 is 25.0 Å². The molecule has 2 aromatic carbocycles. The van der Waals surface area contributed by atoms with Gasteiger partial charge in [0.25, 0.3) is 10.0 Å². The second kappa shape index (κ2) is 9.63. The molecule has 1 fully saturated rings. The Morgan fingerprint density at radius 2 is 1.70 bits per heavy atom. The van der Waals surface area contributed by atoms with Crippen molar-refractivity contribution in [1.82, 2.24) is 15.3 Å². The largest absolute Gasteiger partial charge is 0.496 e. The smallest absolute Gasteiger partial charge is 0.262 e. The van der Waals surface area contributed by atoms with Gasteiger partial charge in [-0.05, 0) is 55.3 Å². The SMILES string of the molecule is COc1cc(S(=O)(=O)Nc2ccc(Nc3ccnc(N4CCNCC4)n3)cc2)c(C)cc1C. The van der Waals surface area contributed by atoms with Crippen LogP contribution in [0.4, 0.5) is 23.1 Å². The fourth-order valence-electron chi connectivity index (χ4n) is 3.74. The Morgan fingerprint density at radius 1 is 1.00 bits per heavy atom. The Labute approximate surface area is 194 Å². The number of anilines is 4. The first-order valence-corrected chi connectivity index (χ1v) is 12.2. The van der Waals surface area contributed by atoms with E-state index in [4.69, 9.17) is 4.74 Å². The Bertz CT molecular complexity index is 1230. The number of benzene rings is 2. The Kier molecular flexibility index (Phi) is 6.66. The van der Waals surface area contributed by atoms with E-state index in [9.17, 15) is 8.42 Å². The third-order valence-corrected chi connectivity index (χ3v) is 6.96. The maximum atomic E-state index is 13.0. The van der Waals surface area contributed by atoms with E-state index in [1.54, 1.807) is 55.6 Å². The number of ether oxygens (including phenoxy) is 1. The van der Waals surface area contributed by atoms with Crippen molar-refractivity contribution in [2.24, 2.45) is 0 Å². The number of nitrogens with zero attached hydrogens (tertiary/aromatic N) is 3. The van der Waals surface area contributed by atoms with E-state index in [0.29, 0.717) is 28.8 Å². The predicted molar refractivity (Wildman–Crippen MR) is 130 cm³/mol. The van der Waals surface area contributed by atoms with Crippen molar-refractivity contribution in [2.75, 3.05) is 48.2 Å². The van der Waals surface area contributed by atoms with Crippen LogP contribution in [0.5, 0.6) is 5.75 Å². The van der Waals surface area contributed by atoms with Crippen molar-refractivity contribution in [3.63, 3.8) is 0 Å². The number of hydrogen-bond donors (Lipinski definition) is 3. The van der Waals surface area contributed by atoms with Crippen LogP contribution in [0.3, 0.4) is 0 Å². The molecule has 3 N–H and O–H groups in total. The Hall–Kier alpha value is -3.37. The molecule has 33 heavy (non-hydrogen) atoms. The lowest BCUT2D eigenvalue weighted by atomic mass is 10.1. The summed E-state index contributed by atoms with van der Waals surface area (Å²) in [6.07, 6.45) is 1.73. The number of aromatic nitrogens is 2. The number of piperazine rings is 1. The molecule has 0 atom stereocenters. The number of aryl methyl sites for hydroxylation is 2. The van der Waals surface area contributed by atoms with Gasteiger partial charge in [-0.25, -0.2) is 13.4 Å². The lowest BCUT2D eigenvalue weighted by Gasteiger charge is -2.27. The topological polar surface area (TPSA) is 108 Å². The number of sulfonamides is 1. The molecule has 1 aliphatic heterocycles. The van der Waals surface area contributed by atoms with Crippen molar-refractivity contribution >= 4 is 33.2 Å². The van der Waals surface area contributed by atoms with Crippen LogP contribution in [-0.2, 0) is 10.0 Å². The molecule has 0 spiro atoms. The summed E-state index contributed by atoms with van der Waals surface area (Å²) in [7, 11) is -2.24. The average Bonchev–Trinajstić information content (AvgIpc) is 2.81. The molecule has 174 valence electrons. The minimum Gasteiger partial charge on any atom is -0.496 e. The second-order valence-electron chi connectivity index (χ2n) is 7.87. The highest BCUT2D eigenvalue weighted by Gasteiger charge is 2.19. The Balaban J connectivity index is 1.47. The van der Waals surface area contributed by atoms with E-state index in [0.717, 1.165) is 37.4 Å². The summed E-state index contributed by atoms with van der Waals surface area (Å²) in [4.78, 5) is 11.3. The third kappa shape index (κ3) is 5.35. The summed E-state index contributed by atoms with van der Waals surface area (Å²) in [5.74, 6) is 1.90. The first kappa shape index (κ1) is 22.8. The van der Waals surface area contributed by atoms with Gasteiger partial charge in [0.05, 0.1) is 12.0 Å². The van der Waals surface area contributed by atoms with Crippen LogP contribution in [0.2, 0.25) is 0 Å². The minimum absolute atomic E-state index is 0.188. The molecule has 0 saturated carbocycles. The van der Waals surface area contributed by atoms with E-state index < -0.39 is 10.0 Å². The molecule has 0 unspecified atom stereocenters. The zero-order valence-corrected chi connectivity index (χ0v) is 19.7. The molecule has 10 heteroatoms. The summed E-state index contributed by atoms with van der Waals surface area (Å²) < 4.78 is 33.8. The predicted octanol–water partition coefficient (Wildman–Crippen LogP) is 3.06. The van der Waals surface area contributed by atoms with Crippen LogP contribution in [-0.4, -0.2) is 51.7 Å². The normalized spacial score (nSPS) is 14.1. The van der Waals surface area contributed by atoms with Crippen molar-refractivity contribution in [1.29, 1.82) is 0 Å². The highest BCUT2D eigenvalue weighted by atomic mass is 32.2. The van der Waals surface area contributed by atoms with Crippen molar-refractivity contribution < 1.29 is 13.2 Å². The molecule has 0 radical (unpaired) electrons. The number of rotatable bonds is 7. The summed E-state index contributed by atoms with van der Waals surface area (Å²) in [5.41, 5.74) is 2.79. The zero-order chi connectivity index (χ0) is 23.4. The van der Waals surface area contributed by atoms with E-state index in [1.807, 2.05) is 6.92 Å². The fourth-order valence-corrected chi connectivity index (χ4v) is 5.04. The zero-order valence-electron chi connectivity index (χ0n) is 18.9. The first-order chi connectivity index (χ1) is 15.9. The molecule has 0 aliphatic carbocycles. The van der Waals surface area contributed by atoms with Crippen molar-refractivity contribution in [3.05, 3.63) is 59.8 Å². The van der Waals surface area contributed by atoms with Crippen LogP contribution in [0.25, 0.3) is 0 Å². The van der Waals surface area contributed by atoms with Gasteiger partial charge in [-0.1, -0.05) is 6.07 Å². The minimum atomic E-state index is -3.76. The molecule has 9 nitrogen and oxygen atoms in total. The lowest BCUT2D eigenvalue weighted by molar-refractivity contribution is 0.410. The van der Waals surface area contributed by atoms with Gasteiger partial charge in [0, 0.05) is 49.8 Å². The quantitative estimate of drug-likeness (QED) is 0.486. The standard InChI is InChI=1S/C23H28N6O3S/c1-16-14-17(2)21(15-20(16)32-3)33(30,31)28-19-6-4-18(5-7-19)26-22-8-9-25-23(27-22)29-12-10-24-11-13-29/h4-9,14-15,24,28H,10-13H2,1-3H3,(H,25,26,27). The van der Waals surface area contributed by atoms with Crippen molar-refractivity contribution in [2.45, 2.75) is 18.7 Å². The van der Waals surface area contributed by atoms with Gasteiger partial charge in [-0.3, -0.25) is 4.72 Å². The maximum Gasteiger partial charge on any atom is 0.262 e. The molecule has 0 amide bonds. The molecule has 1 saturated heterocycles. The van der Waals surface area contributed by atoms with Crippen molar-refractivity contribution in [3.8, 4) is 5.75 Å². The van der Waals surface area contributed by atoms with Gasteiger partial charge in [-0.2, -0.15) is 4.98 Å². The molecule has 3 aromatic rings. The Morgan fingerprint density at radius 3 is 2.39 bits per heavy atom. The monoisotopic (exact) mass is 468 g/mol. The molecule has 4 rings (SSSR count). The molecular formula is C23H28N6O3S. The second-order valence-corrected chi connectivity index (χ2v) is 9.52. The van der Waals surface area contributed by atoms with Crippen LogP contribution in [0, 0.1) is 13.8 Å². The van der Waals surface area contributed by atoms with Crippen LogP contribution in [0.15, 0.2) is 53.6 Å². The van der Waals surface area contributed by atoms with Gasteiger partial charge >= 0.3 is 0 Å². The summed E-state index contributed by atoms with van der Waals surface area (Å²) in [5, 5.41) is 6.56. The number of methoxy groups -OCH3 is 1. The molecular weight excluding hydrogens is 440 g/mol. The van der Waals surface area contributed by atoms with Gasteiger partial charge in [0.2, 0.25) is 5.95 Å². The van der Waals surface area contributed by atoms with Gasteiger partial charge in [0.1, 0.15) is 11.6 Å².